The maximum Gasteiger partial charge on any atom is 0.332 e. The van der Waals surface area contributed by atoms with Crippen molar-refractivity contribution in [3.63, 3.8) is 0 Å². The van der Waals surface area contributed by atoms with E-state index in [1.165, 1.54) is 4.90 Å². The van der Waals surface area contributed by atoms with Gasteiger partial charge in [-0.15, -0.1) is 0 Å². The predicted molar refractivity (Wildman–Crippen MR) is 125 cm³/mol. The summed E-state index contributed by atoms with van der Waals surface area (Å²) >= 11 is 0. The molecule has 4 rings (SSSR count). The van der Waals surface area contributed by atoms with E-state index in [0.29, 0.717) is 31.7 Å². The molecule has 0 N–H and O–H groups in total. The highest BCUT2D eigenvalue weighted by atomic mass is 16.7. The summed E-state index contributed by atoms with van der Waals surface area (Å²) in [6, 6.07) is 18.9. The molecular formula is C26H33N3O3. The molecule has 0 unspecified atom stereocenters. The molecule has 2 aliphatic heterocycles. The molecule has 0 radical (unpaired) electrons. The first-order valence-corrected chi connectivity index (χ1v) is 11.3. The third-order valence-corrected chi connectivity index (χ3v) is 6.55. The monoisotopic (exact) mass is 435 g/mol. The number of hydrogen-bond donors (Lipinski definition) is 0. The maximum absolute atomic E-state index is 14.1. The lowest BCUT2D eigenvalue weighted by Crippen LogP contribution is -2.69. The van der Waals surface area contributed by atoms with Crippen LogP contribution in [0.5, 0.6) is 0 Å². The van der Waals surface area contributed by atoms with Crippen molar-refractivity contribution < 1.29 is 14.4 Å². The van der Waals surface area contributed by atoms with Crippen LogP contribution < -0.4 is 4.90 Å². The van der Waals surface area contributed by atoms with Crippen molar-refractivity contribution in [3.05, 3.63) is 66.2 Å². The van der Waals surface area contributed by atoms with Crippen LogP contribution in [0.2, 0.25) is 0 Å². The summed E-state index contributed by atoms with van der Waals surface area (Å²) in [5, 5.41) is 2.02. The van der Waals surface area contributed by atoms with Gasteiger partial charge < -0.3 is 4.90 Å². The van der Waals surface area contributed by atoms with Crippen molar-refractivity contribution >= 4 is 17.6 Å². The molecule has 6 nitrogen and oxygen atoms in total. The highest BCUT2D eigenvalue weighted by Gasteiger charge is 2.65. The molecule has 0 atom stereocenters. The Labute approximate surface area is 190 Å². The molecule has 6 heteroatoms. The lowest BCUT2D eigenvalue weighted by atomic mass is 9.69. The Morgan fingerprint density at radius 2 is 1.38 bits per heavy atom. The van der Waals surface area contributed by atoms with Crippen LogP contribution in [0.25, 0.3) is 0 Å². The van der Waals surface area contributed by atoms with Gasteiger partial charge in [-0.1, -0.05) is 48.5 Å². The van der Waals surface area contributed by atoms with Gasteiger partial charge in [0.2, 0.25) is 0 Å². The average Bonchev–Trinajstić information content (AvgIpc) is 2.92. The minimum Gasteiger partial charge on any atom is -0.305 e. The van der Waals surface area contributed by atoms with E-state index < -0.39 is 16.6 Å². The van der Waals surface area contributed by atoms with E-state index in [0.717, 1.165) is 5.56 Å². The lowest BCUT2D eigenvalue weighted by Gasteiger charge is -2.57. The van der Waals surface area contributed by atoms with Gasteiger partial charge in [-0.05, 0) is 52.3 Å². The Hall–Kier alpha value is -2.70. The number of carbonyl (C=O) groups excluding carboxylic acids is 2. The van der Waals surface area contributed by atoms with E-state index in [9.17, 15) is 9.59 Å². The Morgan fingerprint density at radius 3 is 1.91 bits per heavy atom. The van der Waals surface area contributed by atoms with Crippen LogP contribution in [0.4, 0.5) is 10.5 Å². The zero-order chi connectivity index (χ0) is 23.1. The second-order valence-electron chi connectivity index (χ2n) is 10.1. The summed E-state index contributed by atoms with van der Waals surface area (Å²) in [7, 11) is 0. The standard InChI is InChI=1S/C26H33N3O3/c1-6-32-29-24(2,3)18-26(19-25(29,4)5)22(30)28(21-15-11-8-12-16-21)23(31)27(26)17-20-13-9-7-10-14-20/h7-16H,6,17-19H2,1-5H3. The van der Waals surface area contributed by atoms with Crippen molar-refractivity contribution in [2.24, 2.45) is 0 Å². The number of anilines is 1. The third kappa shape index (κ3) is 3.61. The Bertz CT molecular complexity index is 970. The number of piperidine rings is 1. The van der Waals surface area contributed by atoms with Crippen LogP contribution in [0.15, 0.2) is 60.7 Å². The number of para-hydroxylation sites is 1. The Balaban J connectivity index is 1.83. The number of nitrogens with zero attached hydrogens (tertiary/aromatic N) is 3. The minimum atomic E-state index is -0.955. The van der Waals surface area contributed by atoms with Crippen LogP contribution in [-0.4, -0.2) is 45.1 Å². The summed E-state index contributed by atoms with van der Waals surface area (Å²) in [6.45, 7) is 11.3. The molecule has 2 fully saturated rings. The van der Waals surface area contributed by atoms with Crippen molar-refractivity contribution in [2.75, 3.05) is 11.5 Å². The van der Waals surface area contributed by atoms with E-state index in [-0.39, 0.29) is 11.9 Å². The SMILES string of the molecule is CCON1C(C)(C)CC2(CC1(C)C)C(=O)N(c1ccccc1)C(=O)N2Cc1ccccc1. The predicted octanol–water partition coefficient (Wildman–Crippen LogP) is 5.00. The molecule has 2 aliphatic rings. The number of rotatable bonds is 5. The second-order valence-corrected chi connectivity index (χ2v) is 10.1. The normalized spacial score (nSPS) is 22.0. The van der Waals surface area contributed by atoms with Crippen LogP contribution in [-0.2, 0) is 16.2 Å². The molecule has 0 aliphatic carbocycles. The molecule has 2 saturated heterocycles. The Morgan fingerprint density at radius 1 is 0.844 bits per heavy atom. The van der Waals surface area contributed by atoms with Crippen LogP contribution in [0.3, 0.4) is 0 Å². The summed E-state index contributed by atoms with van der Waals surface area (Å²) in [5.74, 6) is -0.151. The maximum atomic E-state index is 14.1. The van der Waals surface area contributed by atoms with E-state index >= 15 is 0 Å². The fourth-order valence-electron chi connectivity index (χ4n) is 5.78. The van der Waals surface area contributed by atoms with Crippen molar-refractivity contribution in [2.45, 2.75) is 70.6 Å². The van der Waals surface area contributed by atoms with E-state index in [4.69, 9.17) is 4.84 Å². The van der Waals surface area contributed by atoms with Gasteiger partial charge in [0.05, 0.1) is 12.3 Å². The summed E-state index contributed by atoms with van der Waals surface area (Å²) in [5.41, 5.74) is -0.236. The highest BCUT2D eigenvalue weighted by Crippen LogP contribution is 2.50. The fourth-order valence-corrected chi connectivity index (χ4v) is 5.78. The van der Waals surface area contributed by atoms with Gasteiger partial charge in [-0.25, -0.2) is 9.69 Å². The van der Waals surface area contributed by atoms with Crippen LogP contribution >= 0.6 is 0 Å². The topological polar surface area (TPSA) is 53.1 Å². The molecule has 3 amide bonds. The molecular weight excluding hydrogens is 402 g/mol. The number of imide groups is 1. The largest absolute Gasteiger partial charge is 0.332 e. The van der Waals surface area contributed by atoms with E-state index in [2.05, 4.69) is 27.7 Å². The molecule has 32 heavy (non-hydrogen) atoms. The third-order valence-electron chi connectivity index (χ3n) is 6.55. The first kappa shape index (κ1) is 22.5. The molecule has 0 bridgehead atoms. The summed E-state index contributed by atoms with van der Waals surface area (Å²) < 4.78 is 0. The molecule has 170 valence electrons. The van der Waals surface area contributed by atoms with E-state index in [1.807, 2.05) is 72.7 Å². The van der Waals surface area contributed by atoms with Crippen LogP contribution in [0, 0.1) is 0 Å². The van der Waals surface area contributed by atoms with Gasteiger partial charge >= 0.3 is 6.03 Å². The van der Waals surface area contributed by atoms with Crippen molar-refractivity contribution in [1.29, 1.82) is 0 Å². The molecule has 1 spiro atoms. The number of urea groups is 1. The zero-order valence-corrected chi connectivity index (χ0v) is 19.7. The molecule has 2 heterocycles. The number of carbonyl (C=O) groups is 2. The smallest absolute Gasteiger partial charge is 0.305 e. The second kappa shape index (κ2) is 8.01. The molecule has 2 aromatic rings. The van der Waals surface area contributed by atoms with Gasteiger partial charge in [0, 0.05) is 30.5 Å². The van der Waals surface area contributed by atoms with Crippen molar-refractivity contribution in [1.82, 2.24) is 9.96 Å². The first-order valence-electron chi connectivity index (χ1n) is 11.3. The number of benzene rings is 2. The van der Waals surface area contributed by atoms with E-state index in [1.54, 1.807) is 4.90 Å². The Kier molecular flexibility index (Phi) is 5.63. The van der Waals surface area contributed by atoms with Gasteiger partial charge in [-0.3, -0.25) is 9.63 Å². The lowest BCUT2D eigenvalue weighted by molar-refractivity contribution is -0.291. The summed E-state index contributed by atoms with van der Waals surface area (Å²) in [6.07, 6.45) is 0.980. The van der Waals surface area contributed by atoms with Gasteiger partial charge in [0.1, 0.15) is 5.54 Å². The molecule has 2 aromatic carbocycles. The quantitative estimate of drug-likeness (QED) is 0.621. The first-order chi connectivity index (χ1) is 15.1. The average molecular weight is 436 g/mol. The highest BCUT2D eigenvalue weighted by molar-refractivity contribution is 6.23. The van der Waals surface area contributed by atoms with Crippen LogP contribution in [0.1, 0.15) is 53.0 Å². The van der Waals surface area contributed by atoms with Gasteiger partial charge in [0.15, 0.2) is 0 Å². The molecule has 0 saturated carbocycles. The molecule has 0 aromatic heterocycles. The van der Waals surface area contributed by atoms with Gasteiger partial charge in [-0.2, -0.15) is 5.06 Å². The summed E-state index contributed by atoms with van der Waals surface area (Å²) in [4.78, 5) is 37.2. The van der Waals surface area contributed by atoms with Gasteiger partial charge in [0.25, 0.3) is 5.91 Å². The number of amides is 3. The number of hydroxylamine groups is 2. The van der Waals surface area contributed by atoms with Crippen molar-refractivity contribution in [3.8, 4) is 0 Å². The minimum absolute atomic E-state index is 0.151. The fraction of sp³-hybridized carbons (Fsp3) is 0.462. The number of hydrogen-bond acceptors (Lipinski definition) is 4. The zero-order valence-electron chi connectivity index (χ0n) is 19.7.